The highest BCUT2D eigenvalue weighted by Crippen LogP contribution is 2.43. The first-order chi connectivity index (χ1) is 16.7. The lowest BCUT2D eigenvalue weighted by Gasteiger charge is -2.49. The number of alkyl halides is 2. The Labute approximate surface area is 202 Å². The van der Waals surface area contributed by atoms with E-state index in [9.17, 15) is 8.78 Å². The minimum absolute atomic E-state index is 0.237. The van der Waals surface area contributed by atoms with Gasteiger partial charge in [-0.2, -0.15) is 0 Å². The molecule has 35 heavy (non-hydrogen) atoms. The second-order valence-electron chi connectivity index (χ2n) is 10.2. The normalized spacial score (nSPS) is 23.9. The molecule has 1 spiro atoms. The molecule has 3 aliphatic rings. The highest BCUT2D eigenvalue weighted by molar-refractivity contribution is 5.88. The number of fused-ring (bicyclic) bond motifs is 1. The Balaban J connectivity index is 1.55. The van der Waals surface area contributed by atoms with Gasteiger partial charge in [-0.3, -0.25) is 4.90 Å². The molecular weight excluding hydrogens is 458 g/mol. The van der Waals surface area contributed by atoms with Crippen LogP contribution in [0.15, 0.2) is 24.3 Å². The Morgan fingerprint density at radius 1 is 1.17 bits per heavy atom. The minimum Gasteiger partial charge on any atom is -0.398 e. The summed E-state index contributed by atoms with van der Waals surface area (Å²) < 4.78 is 58.6. The summed E-state index contributed by atoms with van der Waals surface area (Å²) in [5.74, 6) is -1.49. The molecule has 0 aliphatic carbocycles. The summed E-state index contributed by atoms with van der Waals surface area (Å²) in [5, 5.41) is 11.1. The summed E-state index contributed by atoms with van der Waals surface area (Å²) >= 11 is 0. The van der Waals surface area contributed by atoms with Crippen molar-refractivity contribution in [2.45, 2.75) is 44.7 Å². The quantitative estimate of drug-likeness (QED) is 0.332. The fourth-order valence-electron chi connectivity index (χ4n) is 6.05. The topological polar surface area (TPSA) is 68.4 Å². The maximum atomic E-state index is 15.7. The number of nitrogens with one attached hydrogen (secondary N) is 2. The van der Waals surface area contributed by atoms with Gasteiger partial charge < -0.3 is 21.4 Å². The lowest BCUT2D eigenvalue weighted by atomic mass is 9.73. The maximum Gasteiger partial charge on any atom is 0.251 e. The monoisotopic (exact) mass is 489 g/mol. The van der Waals surface area contributed by atoms with Crippen LogP contribution in [0.3, 0.4) is 0 Å². The number of halogens is 4. The van der Waals surface area contributed by atoms with Crippen LogP contribution in [0.2, 0.25) is 0 Å². The number of hydrogen-bond donors (Lipinski definition) is 3. The van der Waals surface area contributed by atoms with E-state index in [0.29, 0.717) is 39.9 Å². The molecule has 3 heterocycles. The van der Waals surface area contributed by atoms with Crippen LogP contribution in [-0.2, 0) is 6.42 Å². The molecule has 0 aromatic heterocycles. The van der Waals surface area contributed by atoms with E-state index in [2.05, 4.69) is 5.32 Å². The van der Waals surface area contributed by atoms with E-state index in [1.807, 2.05) is 4.90 Å². The van der Waals surface area contributed by atoms with E-state index in [1.165, 1.54) is 17.0 Å². The largest absolute Gasteiger partial charge is 0.398 e. The van der Waals surface area contributed by atoms with Gasteiger partial charge >= 0.3 is 0 Å². The zero-order valence-electron chi connectivity index (χ0n) is 19.8. The molecule has 2 fully saturated rings. The molecule has 0 bridgehead atoms. The molecule has 9 heteroatoms. The van der Waals surface area contributed by atoms with Crippen molar-refractivity contribution in [3.05, 3.63) is 58.2 Å². The van der Waals surface area contributed by atoms with Crippen molar-refractivity contribution in [2.24, 2.45) is 5.41 Å². The van der Waals surface area contributed by atoms with E-state index in [-0.39, 0.29) is 5.56 Å². The number of piperidine rings is 1. The van der Waals surface area contributed by atoms with E-state index in [1.54, 1.807) is 19.1 Å². The van der Waals surface area contributed by atoms with Crippen molar-refractivity contribution in [2.75, 3.05) is 43.4 Å². The molecule has 4 N–H and O–H groups in total. The number of benzene rings is 2. The smallest absolute Gasteiger partial charge is 0.251 e. The van der Waals surface area contributed by atoms with Crippen LogP contribution in [0.25, 0.3) is 0 Å². The van der Waals surface area contributed by atoms with Gasteiger partial charge in [-0.1, -0.05) is 6.07 Å². The molecule has 1 unspecified atom stereocenters. The van der Waals surface area contributed by atoms with Crippen LogP contribution in [0.4, 0.5) is 28.9 Å². The van der Waals surface area contributed by atoms with Crippen LogP contribution in [-0.4, -0.2) is 56.3 Å². The number of nitrogens with zero attached hydrogens (tertiary/aromatic N) is 2. The lowest BCUT2D eigenvalue weighted by Crippen LogP contribution is -2.58. The van der Waals surface area contributed by atoms with Gasteiger partial charge in [-0.05, 0) is 60.9 Å². The molecule has 5 rings (SSSR count). The van der Waals surface area contributed by atoms with E-state index in [0.717, 1.165) is 45.2 Å². The van der Waals surface area contributed by atoms with Crippen LogP contribution in [0.5, 0.6) is 0 Å². The zero-order chi connectivity index (χ0) is 24.9. The van der Waals surface area contributed by atoms with Gasteiger partial charge in [0.05, 0.1) is 12.6 Å². The molecule has 5 nitrogen and oxygen atoms in total. The summed E-state index contributed by atoms with van der Waals surface area (Å²) in [6.45, 7) is 4.58. The second kappa shape index (κ2) is 9.09. The van der Waals surface area contributed by atoms with Crippen LogP contribution < -0.4 is 16.0 Å². The number of hydrogen-bond acceptors (Lipinski definition) is 5. The van der Waals surface area contributed by atoms with E-state index >= 15 is 8.78 Å². The molecule has 188 valence electrons. The third-order valence-electron chi connectivity index (χ3n) is 8.14. The van der Waals surface area contributed by atoms with Crippen molar-refractivity contribution < 1.29 is 17.6 Å². The average molecular weight is 490 g/mol. The van der Waals surface area contributed by atoms with Crippen molar-refractivity contribution >= 4 is 17.6 Å². The van der Waals surface area contributed by atoms with Crippen molar-refractivity contribution in [3.63, 3.8) is 0 Å². The van der Waals surface area contributed by atoms with Gasteiger partial charge in [-0.15, -0.1) is 0 Å². The summed E-state index contributed by atoms with van der Waals surface area (Å²) in [4.78, 5) is 3.47. The van der Waals surface area contributed by atoms with Crippen LogP contribution in [0.1, 0.15) is 48.1 Å². The van der Waals surface area contributed by atoms with Crippen molar-refractivity contribution in [1.82, 2.24) is 10.2 Å². The standard InChI is InChI=1S/C26H31F4N5/c1-15-8-18-17(2-3-22(32)19(18)11-31)25(35(15)12-23(29)30)24-20(27)9-16(10-21(24)28)34-6-4-26(5-7-34)13-33-14-26/h2-3,9-11,15,23,25,31,33H,4-8,12-14,32H2,1H3/t15-,25?/m1/s1. The predicted octanol–water partition coefficient (Wildman–Crippen LogP) is 4.34. The number of rotatable bonds is 5. The number of nitrogen functional groups attached to an aromatic ring is 1. The van der Waals surface area contributed by atoms with Gasteiger partial charge in [0, 0.05) is 60.9 Å². The third-order valence-corrected chi connectivity index (χ3v) is 8.14. The van der Waals surface area contributed by atoms with Gasteiger partial charge in [0.15, 0.2) is 0 Å². The van der Waals surface area contributed by atoms with Crippen LogP contribution >= 0.6 is 0 Å². The molecular formula is C26H31F4N5. The summed E-state index contributed by atoms with van der Waals surface area (Å²) in [7, 11) is 0. The average Bonchev–Trinajstić information content (AvgIpc) is 2.79. The number of nitrogens with two attached hydrogens (primary N) is 1. The molecule has 2 aromatic rings. The Hall–Kier alpha value is -2.65. The lowest BCUT2D eigenvalue weighted by molar-refractivity contribution is 0.0445. The first-order valence-electron chi connectivity index (χ1n) is 12.1. The highest BCUT2D eigenvalue weighted by Gasteiger charge is 2.41. The Kier molecular flexibility index (Phi) is 6.25. The fourth-order valence-corrected chi connectivity index (χ4v) is 6.05. The Bertz CT molecular complexity index is 1100. The van der Waals surface area contributed by atoms with Gasteiger partial charge in [0.25, 0.3) is 6.43 Å². The first-order valence-corrected chi connectivity index (χ1v) is 12.1. The maximum absolute atomic E-state index is 15.7. The van der Waals surface area contributed by atoms with Gasteiger partial charge in [0.1, 0.15) is 11.6 Å². The minimum atomic E-state index is -2.66. The molecule has 3 aliphatic heterocycles. The SMILES string of the molecule is C[C@@H]1Cc2c(ccc(N)c2C=N)C(c2c(F)cc(N3CCC4(CC3)CNC4)cc2F)N1CC(F)F. The van der Waals surface area contributed by atoms with Crippen molar-refractivity contribution in [1.29, 1.82) is 5.41 Å². The zero-order valence-corrected chi connectivity index (χ0v) is 19.8. The second-order valence-corrected chi connectivity index (χ2v) is 10.2. The van der Waals surface area contributed by atoms with E-state index in [4.69, 9.17) is 11.1 Å². The molecule has 0 amide bonds. The molecule has 2 aromatic carbocycles. The summed E-state index contributed by atoms with van der Waals surface area (Å²) in [6.07, 6.45) is 0.754. The molecule has 2 saturated heterocycles. The predicted molar refractivity (Wildman–Crippen MR) is 130 cm³/mol. The molecule has 0 radical (unpaired) electrons. The number of anilines is 2. The van der Waals surface area contributed by atoms with Gasteiger partial charge in [-0.25, -0.2) is 17.6 Å². The Morgan fingerprint density at radius 3 is 2.37 bits per heavy atom. The van der Waals surface area contributed by atoms with Crippen molar-refractivity contribution in [3.8, 4) is 0 Å². The summed E-state index contributed by atoms with van der Waals surface area (Å²) in [5.41, 5.74) is 8.65. The summed E-state index contributed by atoms with van der Waals surface area (Å²) in [6, 6.07) is 4.44. The van der Waals surface area contributed by atoms with Crippen LogP contribution in [0, 0.1) is 22.5 Å². The first kappa shape index (κ1) is 24.1. The Morgan fingerprint density at radius 2 is 1.83 bits per heavy atom. The highest BCUT2D eigenvalue weighted by atomic mass is 19.3. The third kappa shape index (κ3) is 4.18. The molecule has 0 saturated carbocycles. The van der Waals surface area contributed by atoms with Gasteiger partial charge in [0.2, 0.25) is 0 Å². The molecule has 2 atom stereocenters. The fraction of sp³-hybridized carbons (Fsp3) is 0.500. The van der Waals surface area contributed by atoms with E-state index < -0.39 is 36.7 Å².